The van der Waals surface area contributed by atoms with Crippen LogP contribution in [0.5, 0.6) is 0 Å². The number of nitrogens with one attached hydrogen (secondary N) is 2. The van der Waals surface area contributed by atoms with Crippen molar-refractivity contribution in [2.75, 3.05) is 57.8 Å². The summed E-state index contributed by atoms with van der Waals surface area (Å²) in [7, 11) is -2.94. The Morgan fingerprint density at radius 2 is 1.88 bits per heavy atom. The maximum atomic E-state index is 11.3. The molecular weight excluding hydrogens is 342 g/mol. The Kier molecular flexibility index (Phi) is 9.20. The second kappa shape index (κ2) is 10.6. The highest BCUT2D eigenvalue weighted by Gasteiger charge is 2.17. The quantitative estimate of drug-likeness (QED) is 0.440. The number of amides is 1. The van der Waals surface area contributed by atoms with Gasteiger partial charge in [0.15, 0.2) is 5.96 Å². The molecule has 25 heavy (non-hydrogen) atoms. The fourth-order valence-corrected chi connectivity index (χ4v) is 3.39. The third-order valence-corrected chi connectivity index (χ3v) is 5.13. The van der Waals surface area contributed by atoms with Crippen LogP contribution in [0.25, 0.3) is 0 Å². The van der Waals surface area contributed by atoms with Crippen molar-refractivity contribution in [1.29, 1.82) is 0 Å². The van der Waals surface area contributed by atoms with Crippen molar-refractivity contribution in [3.63, 3.8) is 0 Å². The smallest absolute Gasteiger partial charge is 0.219 e. The Morgan fingerprint density at radius 1 is 1.24 bits per heavy atom. The minimum Gasteiger partial charge on any atom is -0.357 e. The van der Waals surface area contributed by atoms with E-state index in [2.05, 4.69) is 20.5 Å². The summed E-state index contributed by atoms with van der Waals surface area (Å²) in [4.78, 5) is 20.1. The van der Waals surface area contributed by atoms with E-state index in [1.807, 2.05) is 18.7 Å². The van der Waals surface area contributed by atoms with Crippen LogP contribution in [0.1, 0.15) is 27.2 Å². The van der Waals surface area contributed by atoms with Gasteiger partial charge in [-0.15, -0.1) is 0 Å². The molecule has 1 aliphatic heterocycles. The van der Waals surface area contributed by atoms with Gasteiger partial charge >= 0.3 is 0 Å². The first-order chi connectivity index (χ1) is 11.7. The number of sulfone groups is 1. The van der Waals surface area contributed by atoms with Gasteiger partial charge < -0.3 is 15.5 Å². The molecule has 2 N–H and O–H groups in total. The van der Waals surface area contributed by atoms with Gasteiger partial charge in [-0.1, -0.05) is 0 Å². The van der Waals surface area contributed by atoms with Crippen molar-refractivity contribution in [3.05, 3.63) is 0 Å². The number of guanidine groups is 1. The van der Waals surface area contributed by atoms with E-state index < -0.39 is 9.84 Å². The molecule has 1 rings (SSSR count). The fraction of sp³-hybridized carbons (Fsp3) is 0.875. The van der Waals surface area contributed by atoms with Gasteiger partial charge in [-0.25, -0.2) is 8.42 Å². The summed E-state index contributed by atoms with van der Waals surface area (Å²) < 4.78 is 22.5. The molecule has 1 heterocycles. The molecule has 0 aliphatic carbocycles. The van der Waals surface area contributed by atoms with E-state index in [-0.39, 0.29) is 17.7 Å². The fourth-order valence-electron chi connectivity index (χ4n) is 2.61. The molecule has 0 spiro atoms. The Labute approximate surface area is 152 Å². The number of rotatable bonds is 8. The normalized spacial score (nSPS) is 18.1. The molecule has 1 saturated heterocycles. The standard InChI is InChI=1S/C16H33N5O3S/c1-5-17-16(19-14(2)6-13-25(4,23)24)18-7-8-20-9-11-21(12-10-20)15(3)22/h14H,5-13H2,1-4H3,(H2,17,18,19). The average molecular weight is 376 g/mol. The van der Waals surface area contributed by atoms with Crippen molar-refractivity contribution in [2.24, 2.45) is 4.99 Å². The highest BCUT2D eigenvalue weighted by molar-refractivity contribution is 7.90. The van der Waals surface area contributed by atoms with Gasteiger partial charge in [0.05, 0.1) is 12.3 Å². The Balaban J connectivity index is 2.38. The zero-order chi connectivity index (χ0) is 18.9. The van der Waals surface area contributed by atoms with Crippen molar-refractivity contribution in [2.45, 2.75) is 33.2 Å². The van der Waals surface area contributed by atoms with Gasteiger partial charge in [0.2, 0.25) is 5.91 Å². The van der Waals surface area contributed by atoms with Gasteiger partial charge in [0.1, 0.15) is 9.84 Å². The zero-order valence-corrected chi connectivity index (χ0v) is 16.7. The van der Waals surface area contributed by atoms with Crippen LogP contribution < -0.4 is 10.6 Å². The van der Waals surface area contributed by atoms with Crippen LogP contribution in [0.15, 0.2) is 4.99 Å². The van der Waals surface area contributed by atoms with Crippen LogP contribution in [0, 0.1) is 0 Å². The molecule has 1 fully saturated rings. The number of aliphatic imine (C=N–C) groups is 1. The lowest BCUT2D eigenvalue weighted by atomic mass is 10.3. The van der Waals surface area contributed by atoms with Gasteiger partial charge in [-0.05, 0) is 20.3 Å². The highest BCUT2D eigenvalue weighted by atomic mass is 32.2. The van der Waals surface area contributed by atoms with E-state index in [1.165, 1.54) is 6.26 Å². The molecule has 0 saturated carbocycles. The first kappa shape index (κ1) is 21.7. The van der Waals surface area contributed by atoms with Crippen LogP contribution in [0.3, 0.4) is 0 Å². The topological polar surface area (TPSA) is 94.1 Å². The van der Waals surface area contributed by atoms with Crippen LogP contribution in [0.2, 0.25) is 0 Å². The number of hydrogen-bond donors (Lipinski definition) is 2. The number of carbonyl (C=O) groups excluding carboxylic acids is 1. The molecule has 0 aromatic heterocycles. The van der Waals surface area contributed by atoms with E-state index in [1.54, 1.807) is 6.92 Å². The summed E-state index contributed by atoms with van der Waals surface area (Å²) in [6, 6.07) is 0.0339. The molecule has 0 bridgehead atoms. The van der Waals surface area contributed by atoms with Crippen molar-refractivity contribution in [1.82, 2.24) is 20.4 Å². The summed E-state index contributed by atoms with van der Waals surface area (Å²) in [5.74, 6) is 1.02. The van der Waals surface area contributed by atoms with E-state index in [0.717, 1.165) is 39.3 Å². The van der Waals surface area contributed by atoms with Crippen molar-refractivity contribution < 1.29 is 13.2 Å². The third-order valence-electron chi connectivity index (χ3n) is 4.15. The van der Waals surface area contributed by atoms with Gasteiger partial charge in [0.25, 0.3) is 0 Å². The van der Waals surface area contributed by atoms with Gasteiger partial charge in [-0.2, -0.15) is 0 Å². The molecule has 146 valence electrons. The van der Waals surface area contributed by atoms with E-state index in [9.17, 15) is 13.2 Å². The molecule has 9 heteroatoms. The molecule has 1 unspecified atom stereocenters. The molecule has 8 nitrogen and oxygen atoms in total. The Bertz CT molecular complexity index is 542. The van der Waals surface area contributed by atoms with Crippen LogP contribution >= 0.6 is 0 Å². The first-order valence-corrected chi connectivity index (χ1v) is 11.0. The minimum atomic E-state index is -2.94. The van der Waals surface area contributed by atoms with Crippen LogP contribution in [-0.4, -0.2) is 93.9 Å². The number of nitrogens with zero attached hydrogens (tertiary/aromatic N) is 3. The number of hydrogen-bond acceptors (Lipinski definition) is 5. The zero-order valence-electron chi connectivity index (χ0n) is 15.9. The number of carbonyl (C=O) groups is 1. The molecule has 0 aromatic carbocycles. The lowest BCUT2D eigenvalue weighted by molar-refractivity contribution is -0.130. The van der Waals surface area contributed by atoms with E-state index >= 15 is 0 Å². The second-order valence-electron chi connectivity index (χ2n) is 6.57. The average Bonchev–Trinajstić information content (AvgIpc) is 2.53. The lowest BCUT2D eigenvalue weighted by Gasteiger charge is -2.33. The number of piperazine rings is 1. The molecule has 1 atom stereocenters. The molecule has 1 amide bonds. The van der Waals surface area contributed by atoms with E-state index in [4.69, 9.17) is 0 Å². The third kappa shape index (κ3) is 9.64. The maximum Gasteiger partial charge on any atom is 0.219 e. The monoisotopic (exact) mass is 375 g/mol. The highest BCUT2D eigenvalue weighted by Crippen LogP contribution is 2.01. The lowest BCUT2D eigenvalue weighted by Crippen LogP contribution is -2.48. The van der Waals surface area contributed by atoms with Crippen LogP contribution in [-0.2, 0) is 14.6 Å². The molecular formula is C16H33N5O3S. The minimum absolute atomic E-state index is 0.0339. The summed E-state index contributed by atoms with van der Waals surface area (Å²) >= 11 is 0. The predicted octanol–water partition coefficient (Wildman–Crippen LogP) is -0.471. The van der Waals surface area contributed by atoms with Crippen molar-refractivity contribution >= 4 is 21.7 Å². The van der Waals surface area contributed by atoms with Gasteiger partial charge in [0, 0.05) is 58.5 Å². The maximum absolute atomic E-state index is 11.3. The largest absolute Gasteiger partial charge is 0.357 e. The first-order valence-electron chi connectivity index (χ1n) is 8.91. The Hall–Kier alpha value is -1.35. The molecule has 1 aliphatic rings. The summed E-state index contributed by atoms with van der Waals surface area (Å²) in [6.45, 7) is 11.1. The molecule has 0 radical (unpaired) electrons. The van der Waals surface area contributed by atoms with Crippen LogP contribution in [0.4, 0.5) is 0 Å². The predicted molar refractivity (Wildman–Crippen MR) is 102 cm³/mol. The SMILES string of the molecule is CCNC(=NCCN1CCN(C(C)=O)CC1)NC(C)CCS(C)(=O)=O. The summed E-state index contributed by atoms with van der Waals surface area (Å²) in [5, 5.41) is 6.44. The second-order valence-corrected chi connectivity index (χ2v) is 8.83. The van der Waals surface area contributed by atoms with Gasteiger partial charge in [-0.3, -0.25) is 14.7 Å². The molecule has 0 aromatic rings. The summed E-state index contributed by atoms with van der Waals surface area (Å²) in [5.41, 5.74) is 0. The van der Waals surface area contributed by atoms with E-state index in [0.29, 0.717) is 18.9 Å². The summed E-state index contributed by atoms with van der Waals surface area (Å²) in [6.07, 6.45) is 1.81. The van der Waals surface area contributed by atoms with Crippen molar-refractivity contribution in [3.8, 4) is 0 Å². The Morgan fingerprint density at radius 3 is 2.40 bits per heavy atom.